The van der Waals surface area contributed by atoms with E-state index in [-0.39, 0.29) is 10.6 Å². The van der Waals surface area contributed by atoms with Gasteiger partial charge in [0.05, 0.1) is 10.5 Å². The molecule has 0 saturated carbocycles. The minimum atomic E-state index is -0.992. The summed E-state index contributed by atoms with van der Waals surface area (Å²) < 4.78 is 0. The minimum absolute atomic E-state index is 0.109. The maximum Gasteiger partial charge on any atom is 0.292 e. The van der Waals surface area contributed by atoms with Crippen LogP contribution < -0.4 is 4.90 Å². The second-order valence-electron chi connectivity index (χ2n) is 6.25. The normalized spacial score (nSPS) is 16.9. The van der Waals surface area contributed by atoms with Gasteiger partial charge in [-0.3, -0.25) is 10.1 Å². The van der Waals surface area contributed by atoms with Gasteiger partial charge in [-0.25, -0.2) is 0 Å². The molecule has 5 nitrogen and oxygen atoms in total. The SMILES string of the molecule is Cc1ccc(N2CCC(O)(c3ccccc3Cl)CC2)c([N+](=O)[O-])c1. The van der Waals surface area contributed by atoms with Gasteiger partial charge in [0.2, 0.25) is 0 Å². The predicted octanol–water partition coefficient (Wildman–Crippen LogP) is 4.04. The zero-order chi connectivity index (χ0) is 17.3. The lowest BCUT2D eigenvalue weighted by Gasteiger charge is -2.39. The molecule has 1 heterocycles. The Labute approximate surface area is 145 Å². The van der Waals surface area contributed by atoms with Gasteiger partial charge in [-0.2, -0.15) is 0 Å². The molecule has 1 aliphatic rings. The Balaban J connectivity index is 1.83. The Morgan fingerprint density at radius 1 is 1.21 bits per heavy atom. The van der Waals surface area contributed by atoms with Gasteiger partial charge in [0.15, 0.2) is 0 Å². The number of aryl methyl sites for hydroxylation is 1. The lowest BCUT2D eigenvalue weighted by atomic mass is 9.84. The Bertz CT molecular complexity index is 771. The average Bonchev–Trinajstić information content (AvgIpc) is 2.56. The Kier molecular flexibility index (Phi) is 4.47. The van der Waals surface area contributed by atoms with E-state index < -0.39 is 5.60 Å². The van der Waals surface area contributed by atoms with Crippen LogP contribution in [0.4, 0.5) is 11.4 Å². The maximum atomic E-state index is 11.3. The fourth-order valence-electron chi connectivity index (χ4n) is 3.27. The molecular formula is C18H19ClN2O3. The fraction of sp³-hybridized carbons (Fsp3) is 0.333. The molecule has 0 bridgehead atoms. The van der Waals surface area contributed by atoms with Crippen molar-refractivity contribution < 1.29 is 10.0 Å². The standard InChI is InChI=1S/C18H19ClN2O3/c1-13-6-7-16(17(12-13)21(23)24)20-10-8-18(22,9-11-20)14-4-2-3-5-15(14)19/h2-7,12,22H,8-11H2,1H3. The molecule has 3 rings (SSSR count). The van der Waals surface area contributed by atoms with Gasteiger partial charge in [-0.1, -0.05) is 35.9 Å². The second-order valence-corrected chi connectivity index (χ2v) is 6.65. The lowest BCUT2D eigenvalue weighted by molar-refractivity contribution is -0.384. The predicted molar refractivity (Wildman–Crippen MR) is 94.6 cm³/mol. The highest BCUT2D eigenvalue weighted by Gasteiger charge is 2.36. The lowest BCUT2D eigenvalue weighted by Crippen LogP contribution is -2.43. The molecule has 0 unspecified atom stereocenters. The molecule has 0 aromatic heterocycles. The summed E-state index contributed by atoms with van der Waals surface area (Å²) in [7, 11) is 0. The molecule has 1 N–H and O–H groups in total. The first-order valence-corrected chi connectivity index (χ1v) is 8.26. The third-order valence-corrected chi connectivity index (χ3v) is 4.96. The Hall–Kier alpha value is -2.11. The Morgan fingerprint density at radius 2 is 1.88 bits per heavy atom. The third-order valence-electron chi connectivity index (χ3n) is 4.63. The molecule has 0 aliphatic carbocycles. The van der Waals surface area contributed by atoms with Gasteiger partial charge in [-0.15, -0.1) is 0 Å². The maximum absolute atomic E-state index is 11.3. The van der Waals surface area contributed by atoms with Crippen molar-refractivity contribution >= 4 is 23.0 Å². The molecule has 0 amide bonds. The molecule has 2 aromatic rings. The van der Waals surface area contributed by atoms with Crippen molar-refractivity contribution in [2.75, 3.05) is 18.0 Å². The van der Waals surface area contributed by atoms with E-state index in [9.17, 15) is 15.2 Å². The van der Waals surface area contributed by atoms with Gasteiger partial charge in [0.25, 0.3) is 5.69 Å². The van der Waals surface area contributed by atoms with E-state index in [2.05, 4.69) is 0 Å². The number of halogens is 1. The minimum Gasteiger partial charge on any atom is -0.385 e. The highest BCUT2D eigenvalue weighted by molar-refractivity contribution is 6.31. The molecule has 1 fully saturated rings. The van der Waals surface area contributed by atoms with Crippen molar-refractivity contribution in [2.45, 2.75) is 25.4 Å². The number of hydrogen-bond donors (Lipinski definition) is 1. The zero-order valence-corrected chi connectivity index (χ0v) is 14.2. The second kappa shape index (κ2) is 6.42. The largest absolute Gasteiger partial charge is 0.385 e. The first-order chi connectivity index (χ1) is 11.4. The first-order valence-electron chi connectivity index (χ1n) is 7.88. The monoisotopic (exact) mass is 346 g/mol. The van der Waals surface area contributed by atoms with Gasteiger partial charge in [-0.05, 0) is 37.5 Å². The summed E-state index contributed by atoms with van der Waals surface area (Å²) in [6, 6.07) is 12.5. The summed E-state index contributed by atoms with van der Waals surface area (Å²) in [6.07, 6.45) is 0.948. The molecule has 24 heavy (non-hydrogen) atoms. The number of aliphatic hydroxyl groups is 1. The van der Waals surface area contributed by atoms with E-state index in [1.165, 1.54) is 0 Å². The van der Waals surface area contributed by atoms with Crippen LogP contribution in [0, 0.1) is 17.0 Å². The van der Waals surface area contributed by atoms with Crippen molar-refractivity contribution in [1.29, 1.82) is 0 Å². The summed E-state index contributed by atoms with van der Waals surface area (Å²) >= 11 is 6.22. The van der Waals surface area contributed by atoms with Gasteiger partial charge >= 0.3 is 0 Å². The van der Waals surface area contributed by atoms with Crippen LogP contribution in [0.3, 0.4) is 0 Å². The van der Waals surface area contributed by atoms with Crippen molar-refractivity contribution in [3.8, 4) is 0 Å². The summed E-state index contributed by atoms with van der Waals surface area (Å²) in [5, 5.41) is 22.8. The number of nitrogens with zero attached hydrogens (tertiary/aromatic N) is 2. The topological polar surface area (TPSA) is 66.6 Å². The van der Waals surface area contributed by atoms with Crippen LogP contribution in [-0.4, -0.2) is 23.1 Å². The van der Waals surface area contributed by atoms with Crippen molar-refractivity contribution in [1.82, 2.24) is 0 Å². The molecule has 0 radical (unpaired) electrons. The van der Waals surface area contributed by atoms with Crippen LogP contribution in [0.25, 0.3) is 0 Å². The molecule has 1 saturated heterocycles. The molecule has 0 atom stereocenters. The molecule has 1 aliphatic heterocycles. The number of hydrogen-bond acceptors (Lipinski definition) is 4. The fourth-order valence-corrected chi connectivity index (χ4v) is 3.58. The molecular weight excluding hydrogens is 328 g/mol. The van der Waals surface area contributed by atoms with Crippen molar-refractivity contribution in [3.63, 3.8) is 0 Å². The third kappa shape index (κ3) is 3.09. The van der Waals surface area contributed by atoms with E-state index in [1.54, 1.807) is 18.2 Å². The molecule has 126 valence electrons. The highest BCUT2D eigenvalue weighted by atomic mass is 35.5. The van der Waals surface area contributed by atoms with Crippen LogP contribution in [-0.2, 0) is 5.60 Å². The molecule has 0 spiro atoms. The highest BCUT2D eigenvalue weighted by Crippen LogP contribution is 2.39. The summed E-state index contributed by atoms with van der Waals surface area (Å²) in [4.78, 5) is 12.9. The number of benzene rings is 2. The van der Waals surface area contributed by atoms with Gasteiger partial charge in [0.1, 0.15) is 5.69 Å². The van der Waals surface area contributed by atoms with Crippen LogP contribution in [0.5, 0.6) is 0 Å². The Morgan fingerprint density at radius 3 is 2.50 bits per heavy atom. The van der Waals surface area contributed by atoms with E-state index in [0.717, 1.165) is 11.1 Å². The van der Waals surface area contributed by atoms with Crippen molar-refractivity contribution in [2.24, 2.45) is 0 Å². The van der Waals surface area contributed by atoms with Crippen LogP contribution >= 0.6 is 11.6 Å². The van der Waals surface area contributed by atoms with E-state index in [0.29, 0.717) is 36.6 Å². The summed E-state index contributed by atoms with van der Waals surface area (Å²) in [5.74, 6) is 0. The first kappa shape index (κ1) is 16.7. The van der Waals surface area contributed by atoms with Crippen LogP contribution in [0.15, 0.2) is 42.5 Å². The number of anilines is 1. The molecule has 2 aromatic carbocycles. The van der Waals surface area contributed by atoms with Crippen LogP contribution in [0.1, 0.15) is 24.0 Å². The number of rotatable bonds is 3. The summed E-state index contributed by atoms with van der Waals surface area (Å²) in [5.41, 5.74) is 1.30. The summed E-state index contributed by atoms with van der Waals surface area (Å²) in [6.45, 7) is 2.90. The molecule has 6 heteroatoms. The van der Waals surface area contributed by atoms with Crippen LogP contribution in [0.2, 0.25) is 5.02 Å². The van der Waals surface area contributed by atoms with Gasteiger partial charge in [0, 0.05) is 29.7 Å². The van der Waals surface area contributed by atoms with E-state index in [1.807, 2.05) is 36.1 Å². The number of nitro groups is 1. The average molecular weight is 347 g/mol. The van der Waals surface area contributed by atoms with Gasteiger partial charge < -0.3 is 10.0 Å². The smallest absolute Gasteiger partial charge is 0.292 e. The van der Waals surface area contributed by atoms with E-state index >= 15 is 0 Å². The van der Waals surface area contributed by atoms with Crippen molar-refractivity contribution in [3.05, 3.63) is 68.7 Å². The zero-order valence-electron chi connectivity index (χ0n) is 13.4. The quantitative estimate of drug-likeness (QED) is 0.672. The van der Waals surface area contributed by atoms with E-state index in [4.69, 9.17) is 11.6 Å². The number of piperidine rings is 1. The number of nitro benzene ring substituents is 1.